The first-order chi connectivity index (χ1) is 14.0. The van der Waals surface area contributed by atoms with Gasteiger partial charge in [0.15, 0.2) is 0 Å². The number of nitrogens with zero attached hydrogens (tertiary/aromatic N) is 4. The third-order valence-electron chi connectivity index (χ3n) is 5.94. The minimum absolute atomic E-state index is 0.0372. The van der Waals surface area contributed by atoms with E-state index in [0.717, 1.165) is 37.0 Å². The van der Waals surface area contributed by atoms with E-state index in [1.165, 1.54) is 0 Å². The van der Waals surface area contributed by atoms with Crippen LogP contribution in [-0.2, 0) is 18.4 Å². The van der Waals surface area contributed by atoms with Crippen LogP contribution >= 0.6 is 0 Å². The molecule has 1 aromatic carbocycles. The fourth-order valence-electron chi connectivity index (χ4n) is 3.88. The van der Waals surface area contributed by atoms with Crippen LogP contribution in [0.5, 0.6) is 5.75 Å². The normalized spacial score (nSPS) is 19.6. The van der Waals surface area contributed by atoms with Gasteiger partial charge in [-0.3, -0.25) is 9.59 Å². The molecule has 2 aromatic rings. The molecule has 1 saturated carbocycles. The molecule has 4 rings (SSSR count). The smallest absolute Gasteiger partial charge is 0.272 e. The van der Waals surface area contributed by atoms with Crippen molar-refractivity contribution in [3.8, 4) is 5.75 Å². The molecule has 1 aliphatic carbocycles. The van der Waals surface area contributed by atoms with Gasteiger partial charge in [-0.15, -0.1) is 0 Å². The SMILES string of the molecule is CN1CCCCN(C(=O)c2cncn2C)Cc2cccc(c2)OCC2(CC2)C1=O. The van der Waals surface area contributed by atoms with E-state index in [0.29, 0.717) is 31.9 Å². The Balaban J connectivity index is 1.58. The molecule has 1 fully saturated rings. The topological polar surface area (TPSA) is 67.7 Å². The van der Waals surface area contributed by atoms with Crippen LogP contribution in [0.25, 0.3) is 0 Å². The number of hydrogen-bond acceptors (Lipinski definition) is 4. The van der Waals surface area contributed by atoms with Gasteiger partial charge in [-0.1, -0.05) is 12.1 Å². The molecule has 2 heterocycles. The van der Waals surface area contributed by atoms with Gasteiger partial charge in [0.25, 0.3) is 5.91 Å². The number of fused-ring (bicyclic) bond motifs is 2. The number of ether oxygens (including phenoxy) is 1. The molecule has 0 saturated heterocycles. The Kier molecular flexibility index (Phi) is 5.30. The van der Waals surface area contributed by atoms with E-state index < -0.39 is 0 Å². The van der Waals surface area contributed by atoms with Crippen molar-refractivity contribution in [1.82, 2.24) is 19.4 Å². The molecule has 29 heavy (non-hydrogen) atoms. The second kappa shape index (κ2) is 7.89. The van der Waals surface area contributed by atoms with E-state index in [9.17, 15) is 9.59 Å². The van der Waals surface area contributed by atoms with E-state index in [-0.39, 0.29) is 17.2 Å². The van der Waals surface area contributed by atoms with Crippen LogP contribution in [0.1, 0.15) is 41.7 Å². The van der Waals surface area contributed by atoms with Crippen molar-refractivity contribution in [3.05, 3.63) is 48.0 Å². The van der Waals surface area contributed by atoms with Gasteiger partial charge in [-0.2, -0.15) is 0 Å². The first-order valence-corrected chi connectivity index (χ1v) is 10.2. The van der Waals surface area contributed by atoms with Gasteiger partial charge in [-0.05, 0) is 43.4 Å². The Morgan fingerprint density at radius 2 is 1.97 bits per heavy atom. The van der Waals surface area contributed by atoms with Gasteiger partial charge >= 0.3 is 0 Å². The van der Waals surface area contributed by atoms with Gasteiger partial charge in [0.1, 0.15) is 18.1 Å². The lowest BCUT2D eigenvalue weighted by atomic mass is 10.1. The second-order valence-electron chi connectivity index (χ2n) is 8.27. The molecule has 0 unspecified atom stereocenters. The highest BCUT2D eigenvalue weighted by atomic mass is 16.5. The Morgan fingerprint density at radius 1 is 1.17 bits per heavy atom. The van der Waals surface area contributed by atoms with Crippen molar-refractivity contribution in [1.29, 1.82) is 0 Å². The molecule has 7 nitrogen and oxygen atoms in total. The van der Waals surface area contributed by atoms with Crippen LogP contribution in [0.15, 0.2) is 36.8 Å². The van der Waals surface area contributed by atoms with Crippen molar-refractivity contribution >= 4 is 11.8 Å². The molecule has 2 amide bonds. The largest absolute Gasteiger partial charge is 0.492 e. The molecule has 1 aromatic heterocycles. The summed E-state index contributed by atoms with van der Waals surface area (Å²) in [6, 6.07) is 7.83. The number of carbonyl (C=O) groups is 2. The lowest BCUT2D eigenvalue weighted by Crippen LogP contribution is -2.38. The lowest BCUT2D eigenvalue weighted by molar-refractivity contribution is -0.136. The van der Waals surface area contributed by atoms with E-state index in [1.807, 2.05) is 48.2 Å². The summed E-state index contributed by atoms with van der Waals surface area (Å²) in [5, 5.41) is 0. The Labute approximate surface area is 171 Å². The van der Waals surface area contributed by atoms with Gasteiger partial charge in [0, 0.05) is 33.7 Å². The summed E-state index contributed by atoms with van der Waals surface area (Å²) in [5.74, 6) is 0.882. The number of hydrogen-bond donors (Lipinski definition) is 0. The Morgan fingerprint density at radius 3 is 2.69 bits per heavy atom. The number of carbonyl (C=O) groups excluding carboxylic acids is 2. The summed E-state index contributed by atoms with van der Waals surface area (Å²) in [5.41, 5.74) is 1.24. The molecule has 0 radical (unpaired) electrons. The first-order valence-electron chi connectivity index (χ1n) is 10.2. The summed E-state index contributed by atoms with van der Waals surface area (Å²) < 4.78 is 7.75. The maximum atomic E-state index is 13.1. The minimum atomic E-state index is -0.351. The number of rotatable bonds is 1. The average molecular weight is 396 g/mol. The van der Waals surface area contributed by atoms with Crippen molar-refractivity contribution in [2.45, 2.75) is 32.2 Å². The molecular formula is C22H28N4O3. The zero-order valence-electron chi connectivity index (χ0n) is 17.1. The monoisotopic (exact) mass is 396 g/mol. The maximum absolute atomic E-state index is 13.1. The number of imidazole rings is 1. The Hall–Kier alpha value is -2.83. The molecule has 2 aliphatic rings. The standard InChI is InChI=1S/C22H28N4O3/c1-24-10-3-4-11-26(20(27)19-13-23-16-25(19)2)14-17-6-5-7-18(12-17)29-15-22(8-9-22)21(24)28/h5-7,12-13,16H,3-4,8-11,14-15H2,1-2H3. The quantitative estimate of drug-likeness (QED) is 0.743. The van der Waals surface area contributed by atoms with E-state index >= 15 is 0 Å². The highest BCUT2D eigenvalue weighted by molar-refractivity contribution is 5.92. The fraction of sp³-hybridized carbons (Fsp3) is 0.500. The molecule has 154 valence electrons. The predicted molar refractivity (Wildman–Crippen MR) is 108 cm³/mol. The number of benzene rings is 1. The van der Waals surface area contributed by atoms with Crippen LogP contribution in [0.3, 0.4) is 0 Å². The van der Waals surface area contributed by atoms with Crippen LogP contribution in [0, 0.1) is 5.41 Å². The highest BCUT2D eigenvalue weighted by Crippen LogP contribution is 2.47. The van der Waals surface area contributed by atoms with Crippen molar-refractivity contribution < 1.29 is 14.3 Å². The molecule has 0 atom stereocenters. The van der Waals surface area contributed by atoms with Gasteiger partial charge in [0.05, 0.1) is 17.9 Å². The predicted octanol–water partition coefficient (Wildman–Crippen LogP) is 2.47. The first kappa shape index (κ1) is 19.5. The van der Waals surface area contributed by atoms with Crippen molar-refractivity contribution in [3.63, 3.8) is 0 Å². The molecule has 1 aliphatic heterocycles. The summed E-state index contributed by atoms with van der Waals surface area (Å²) in [4.78, 5) is 33.7. The number of amides is 2. The third-order valence-corrected chi connectivity index (χ3v) is 5.94. The van der Waals surface area contributed by atoms with E-state index in [2.05, 4.69) is 4.98 Å². The van der Waals surface area contributed by atoms with E-state index in [1.54, 1.807) is 17.1 Å². The summed E-state index contributed by atoms with van der Waals surface area (Å²) in [6.45, 7) is 2.25. The highest BCUT2D eigenvalue weighted by Gasteiger charge is 2.52. The van der Waals surface area contributed by atoms with Crippen LogP contribution in [-0.4, -0.2) is 57.9 Å². The van der Waals surface area contributed by atoms with Gasteiger partial charge < -0.3 is 19.1 Å². The van der Waals surface area contributed by atoms with Crippen molar-refractivity contribution in [2.24, 2.45) is 12.5 Å². The summed E-state index contributed by atoms with van der Waals surface area (Å²) >= 11 is 0. The van der Waals surface area contributed by atoms with E-state index in [4.69, 9.17) is 4.74 Å². The molecule has 7 heteroatoms. The average Bonchev–Trinajstić information content (AvgIpc) is 3.40. The van der Waals surface area contributed by atoms with Crippen LogP contribution < -0.4 is 4.74 Å². The lowest BCUT2D eigenvalue weighted by Gasteiger charge is -2.26. The van der Waals surface area contributed by atoms with Gasteiger partial charge in [0.2, 0.25) is 5.91 Å². The summed E-state index contributed by atoms with van der Waals surface area (Å²) in [6.07, 6.45) is 6.72. The van der Waals surface area contributed by atoms with Crippen molar-refractivity contribution in [2.75, 3.05) is 26.7 Å². The van der Waals surface area contributed by atoms with Gasteiger partial charge in [-0.25, -0.2) is 4.98 Å². The fourth-order valence-corrected chi connectivity index (χ4v) is 3.88. The second-order valence-corrected chi connectivity index (χ2v) is 8.27. The molecule has 0 N–H and O–H groups in total. The summed E-state index contributed by atoms with van der Waals surface area (Å²) in [7, 11) is 3.70. The Bertz CT molecular complexity index is 903. The molecular weight excluding hydrogens is 368 g/mol. The minimum Gasteiger partial charge on any atom is -0.492 e. The zero-order valence-corrected chi connectivity index (χ0v) is 17.1. The number of aryl methyl sites for hydroxylation is 1. The third kappa shape index (κ3) is 4.13. The van der Waals surface area contributed by atoms with Crippen LogP contribution in [0.2, 0.25) is 0 Å². The van der Waals surface area contributed by atoms with Crippen LogP contribution in [0.4, 0.5) is 0 Å². The maximum Gasteiger partial charge on any atom is 0.272 e. The molecule has 1 spiro atoms. The number of aromatic nitrogens is 2. The molecule has 2 bridgehead atoms. The zero-order chi connectivity index (χ0) is 20.4.